The number of rotatable bonds is 2. The Hall–Kier alpha value is -2.64. The van der Waals surface area contributed by atoms with Crippen molar-refractivity contribution in [2.75, 3.05) is 26.7 Å². The number of fused-ring (bicyclic) bond motifs is 1. The molecular weight excluding hydrogens is 318 g/mol. The molecule has 2 saturated heterocycles. The molecular formula is C17H23N7O. The number of carbonyl (C=O) groups excluding carboxylic acids is 1. The van der Waals surface area contributed by atoms with Crippen molar-refractivity contribution >= 4 is 17.5 Å². The SMILES string of the molecule is CN=C(NCc1nnc2ccccn12)N1CCCC2(CNC(=O)C2)C1. The summed E-state index contributed by atoms with van der Waals surface area (Å²) in [5.74, 6) is 1.87. The molecule has 0 bridgehead atoms. The van der Waals surface area contributed by atoms with E-state index in [2.05, 4.69) is 30.7 Å². The van der Waals surface area contributed by atoms with E-state index in [9.17, 15) is 4.79 Å². The number of hydrogen-bond acceptors (Lipinski definition) is 4. The van der Waals surface area contributed by atoms with Crippen molar-refractivity contribution in [2.45, 2.75) is 25.8 Å². The monoisotopic (exact) mass is 341 g/mol. The van der Waals surface area contributed by atoms with Crippen LogP contribution in [0.3, 0.4) is 0 Å². The van der Waals surface area contributed by atoms with E-state index in [1.165, 1.54) is 0 Å². The first-order chi connectivity index (χ1) is 12.2. The molecule has 0 saturated carbocycles. The van der Waals surface area contributed by atoms with Crippen molar-refractivity contribution in [3.05, 3.63) is 30.2 Å². The van der Waals surface area contributed by atoms with E-state index in [4.69, 9.17) is 0 Å². The smallest absolute Gasteiger partial charge is 0.220 e. The summed E-state index contributed by atoms with van der Waals surface area (Å²) in [5, 5.41) is 14.8. The Morgan fingerprint density at radius 1 is 1.44 bits per heavy atom. The second kappa shape index (κ2) is 6.34. The maximum Gasteiger partial charge on any atom is 0.220 e. The molecule has 0 aromatic carbocycles. The number of piperidine rings is 1. The van der Waals surface area contributed by atoms with Gasteiger partial charge in [0, 0.05) is 44.7 Å². The molecule has 1 unspecified atom stereocenters. The van der Waals surface area contributed by atoms with Gasteiger partial charge < -0.3 is 15.5 Å². The fourth-order valence-electron chi connectivity index (χ4n) is 3.93. The molecule has 1 amide bonds. The number of hydrogen-bond donors (Lipinski definition) is 2. The lowest BCUT2D eigenvalue weighted by atomic mass is 9.79. The van der Waals surface area contributed by atoms with Gasteiger partial charge in [0.25, 0.3) is 0 Å². The van der Waals surface area contributed by atoms with Crippen LogP contribution in [0.25, 0.3) is 5.65 Å². The average molecular weight is 341 g/mol. The fraction of sp³-hybridized carbons (Fsp3) is 0.529. The van der Waals surface area contributed by atoms with Gasteiger partial charge in [-0.05, 0) is 25.0 Å². The molecule has 25 heavy (non-hydrogen) atoms. The van der Waals surface area contributed by atoms with E-state index in [0.29, 0.717) is 13.0 Å². The third-order valence-electron chi connectivity index (χ3n) is 5.16. The van der Waals surface area contributed by atoms with Gasteiger partial charge in [-0.1, -0.05) is 6.07 Å². The molecule has 132 valence electrons. The van der Waals surface area contributed by atoms with Crippen molar-refractivity contribution in [1.29, 1.82) is 0 Å². The van der Waals surface area contributed by atoms with Gasteiger partial charge in [0.15, 0.2) is 17.4 Å². The highest BCUT2D eigenvalue weighted by molar-refractivity contribution is 5.81. The predicted octanol–water partition coefficient (Wildman–Crippen LogP) is 0.407. The van der Waals surface area contributed by atoms with Gasteiger partial charge >= 0.3 is 0 Å². The normalized spacial score (nSPS) is 24.1. The highest BCUT2D eigenvalue weighted by atomic mass is 16.1. The number of likely N-dealkylation sites (tertiary alicyclic amines) is 1. The van der Waals surface area contributed by atoms with Crippen molar-refractivity contribution in [2.24, 2.45) is 10.4 Å². The maximum atomic E-state index is 11.7. The minimum absolute atomic E-state index is 0.0501. The van der Waals surface area contributed by atoms with Gasteiger partial charge in [-0.2, -0.15) is 0 Å². The molecule has 1 spiro atoms. The molecule has 1 atom stereocenters. The molecule has 4 rings (SSSR count). The largest absolute Gasteiger partial charge is 0.355 e. The number of guanidine groups is 1. The van der Waals surface area contributed by atoms with Crippen molar-refractivity contribution in [3.63, 3.8) is 0 Å². The number of aliphatic imine (C=N–C) groups is 1. The van der Waals surface area contributed by atoms with Crippen LogP contribution >= 0.6 is 0 Å². The van der Waals surface area contributed by atoms with E-state index >= 15 is 0 Å². The second-order valence-electron chi connectivity index (χ2n) is 6.92. The standard InChI is InChI=1S/C17H23N7O/c1-18-16(19-10-14-22-21-13-5-2-3-8-24(13)14)23-7-4-6-17(12-23)9-15(25)20-11-17/h2-3,5,8H,4,6-7,9-12H2,1H3,(H,18,19)(H,20,25). The number of nitrogens with zero attached hydrogens (tertiary/aromatic N) is 5. The first-order valence-electron chi connectivity index (χ1n) is 8.70. The van der Waals surface area contributed by atoms with Gasteiger partial charge in [-0.3, -0.25) is 14.2 Å². The summed E-state index contributed by atoms with van der Waals surface area (Å²) in [7, 11) is 1.80. The number of pyridine rings is 1. The van der Waals surface area contributed by atoms with Crippen molar-refractivity contribution in [1.82, 2.24) is 30.1 Å². The molecule has 2 aliphatic rings. The fourth-order valence-corrected chi connectivity index (χ4v) is 3.93. The third kappa shape index (κ3) is 3.04. The van der Waals surface area contributed by atoms with Gasteiger partial charge in [-0.15, -0.1) is 10.2 Å². The molecule has 0 aliphatic carbocycles. The lowest BCUT2D eigenvalue weighted by Crippen LogP contribution is -2.51. The molecule has 0 radical (unpaired) electrons. The molecule has 2 aromatic heterocycles. The lowest BCUT2D eigenvalue weighted by Gasteiger charge is -2.40. The first kappa shape index (κ1) is 15.9. The van der Waals surface area contributed by atoms with Gasteiger partial charge in [0.05, 0.1) is 6.54 Å². The van der Waals surface area contributed by atoms with Crippen LogP contribution in [0.15, 0.2) is 29.4 Å². The van der Waals surface area contributed by atoms with Crippen LogP contribution in [-0.4, -0.2) is 58.0 Å². The zero-order valence-corrected chi connectivity index (χ0v) is 14.4. The molecule has 2 fully saturated rings. The van der Waals surface area contributed by atoms with Gasteiger partial charge in [0.2, 0.25) is 5.91 Å². The molecule has 2 aliphatic heterocycles. The van der Waals surface area contributed by atoms with E-state index in [1.807, 2.05) is 28.8 Å². The Kier molecular flexibility index (Phi) is 4.03. The zero-order valence-electron chi connectivity index (χ0n) is 14.4. The van der Waals surface area contributed by atoms with E-state index in [0.717, 1.165) is 49.9 Å². The highest BCUT2D eigenvalue weighted by Gasteiger charge is 2.42. The van der Waals surface area contributed by atoms with Crippen LogP contribution < -0.4 is 10.6 Å². The number of amides is 1. The average Bonchev–Trinajstić information content (AvgIpc) is 3.20. The van der Waals surface area contributed by atoms with Crippen LogP contribution in [0.5, 0.6) is 0 Å². The molecule has 4 heterocycles. The topological polar surface area (TPSA) is 86.9 Å². The number of aromatic nitrogens is 3. The van der Waals surface area contributed by atoms with E-state index in [1.54, 1.807) is 7.05 Å². The van der Waals surface area contributed by atoms with E-state index in [-0.39, 0.29) is 11.3 Å². The Bertz CT molecular complexity index is 814. The Balaban J connectivity index is 1.45. The maximum absolute atomic E-state index is 11.7. The van der Waals surface area contributed by atoms with Crippen molar-refractivity contribution < 1.29 is 4.79 Å². The summed E-state index contributed by atoms with van der Waals surface area (Å²) in [5.41, 5.74) is 0.885. The zero-order chi connectivity index (χ0) is 17.3. The predicted molar refractivity (Wildman–Crippen MR) is 94.1 cm³/mol. The first-order valence-corrected chi connectivity index (χ1v) is 8.70. The van der Waals surface area contributed by atoms with Crippen LogP contribution in [0.4, 0.5) is 0 Å². The highest BCUT2D eigenvalue weighted by Crippen LogP contribution is 2.35. The Morgan fingerprint density at radius 2 is 2.36 bits per heavy atom. The lowest BCUT2D eigenvalue weighted by molar-refractivity contribution is -0.119. The van der Waals surface area contributed by atoms with Crippen LogP contribution in [0.2, 0.25) is 0 Å². The summed E-state index contributed by atoms with van der Waals surface area (Å²) in [6.07, 6.45) is 4.74. The molecule has 2 aromatic rings. The summed E-state index contributed by atoms with van der Waals surface area (Å²) in [6, 6.07) is 5.85. The molecule has 8 nitrogen and oxygen atoms in total. The van der Waals surface area contributed by atoms with Crippen LogP contribution in [0.1, 0.15) is 25.1 Å². The quantitative estimate of drug-likeness (QED) is 0.610. The molecule has 2 N–H and O–H groups in total. The summed E-state index contributed by atoms with van der Waals surface area (Å²) >= 11 is 0. The summed E-state index contributed by atoms with van der Waals surface area (Å²) in [6.45, 7) is 3.13. The van der Waals surface area contributed by atoms with E-state index < -0.39 is 0 Å². The Morgan fingerprint density at radius 3 is 3.16 bits per heavy atom. The van der Waals surface area contributed by atoms with Gasteiger partial charge in [0.1, 0.15) is 0 Å². The summed E-state index contributed by atoms with van der Waals surface area (Å²) in [4.78, 5) is 18.4. The number of nitrogens with one attached hydrogen (secondary N) is 2. The van der Waals surface area contributed by atoms with Crippen molar-refractivity contribution in [3.8, 4) is 0 Å². The third-order valence-corrected chi connectivity index (χ3v) is 5.16. The minimum atomic E-state index is 0.0501. The second-order valence-corrected chi connectivity index (χ2v) is 6.92. The van der Waals surface area contributed by atoms with Crippen LogP contribution in [0, 0.1) is 5.41 Å². The van der Waals surface area contributed by atoms with Gasteiger partial charge in [-0.25, -0.2) is 0 Å². The Labute approximate surface area is 146 Å². The van der Waals surface area contributed by atoms with Crippen LogP contribution in [-0.2, 0) is 11.3 Å². The summed E-state index contributed by atoms with van der Waals surface area (Å²) < 4.78 is 1.97. The number of carbonyl (C=O) groups is 1. The minimum Gasteiger partial charge on any atom is -0.355 e. The molecule has 8 heteroatoms.